The van der Waals surface area contributed by atoms with Crippen molar-refractivity contribution in [2.24, 2.45) is 11.7 Å². The smallest absolute Gasteiger partial charge is 0.238 e. The molecule has 0 saturated carbocycles. The van der Waals surface area contributed by atoms with Crippen LogP contribution in [0.1, 0.15) is 13.3 Å². The van der Waals surface area contributed by atoms with Crippen molar-refractivity contribution in [3.05, 3.63) is 29.8 Å². The lowest BCUT2D eigenvalue weighted by Gasteiger charge is -2.34. The standard InChI is InChI=1S/C14H19F2N3O/c1-9-7-19(5-4-12(9)17)8-14(20)18-13-6-10(15)2-3-11(13)16/h2-3,6,9,12H,4-5,7-8,17H2,1H3,(H,18,20). The lowest BCUT2D eigenvalue weighted by molar-refractivity contribution is -0.117. The second-order valence-corrected chi connectivity index (χ2v) is 5.34. The fraction of sp³-hybridized carbons (Fsp3) is 0.500. The number of carbonyl (C=O) groups excluding carboxylic acids is 1. The lowest BCUT2D eigenvalue weighted by atomic mass is 9.95. The van der Waals surface area contributed by atoms with Crippen LogP contribution in [0.2, 0.25) is 0 Å². The summed E-state index contributed by atoms with van der Waals surface area (Å²) in [6.45, 7) is 3.68. The average molecular weight is 283 g/mol. The Morgan fingerprint density at radius 2 is 2.25 bits per heavy atom. The Kier molecular flexibility index (Phi) is 4.67. The zero-order valence-electron chi connectivity index (χ0n) is 11.4. The molecule has 110 valence electrons. The highest BCUT2D eigenvalue weighted by Crippen LogP contribution is 2.17. The molecule has 2 atom stereocenters. The molecule has 1 amide bonds. The normalized spacial score (nSPS) is 23.6. The predicted octanol–water partition coefficient (Wildman–Crippen LogP) is 1.57. The summed E-state index contributed by atoms with van der Waals surface area (Å²) >= 11 is 0. The molecule has 2 unspecified atom stereocenters. The van der Waals surface area contributed by atoms with Gasteiger partial charge in [-0.2, -0.15) is 0 Å². The maximum Gasteiger partial charge on any atom is 0.238 e. The Labute approximate surface area is 116 Å². The quantitative estimate of drug-likeness (QED) is 0.885. The summed E-state index contributed by atoms with van der Waals surface area (Å²) in [5, 5.41) is 2.40. The first-order valence-electron chi connectivity index (χ1n) is 6.68. The van der Waals surface area contributed by atoms with E-state index in [-0.39, 0.29) is 24.2 Å². The van der Waals surface area contributed by atoms with Gasteiger partial charge in [0.05, 0.1) is 12.2 Å². The van der Waals surface area contributed by atoms with Gasteiger partial charge in [-0.1, -0.05) is 6.92 Å². The Hall–Kier alpha value is -1.53. The van der Waals surface area contributed by atoms with Gasteiger partial charge in [0.15, 0.2) is 0 Å². The van der Waals surface area contributed by atoms with Gasteiger partial charge in [0.1, 0.15) is 11.6 Å². The van der Waals surface area contributed by atoms with E-state index in [9.17, 15) is 13.6 Å². The first-order valence-corrected chi connectivity index (χ1v) is 6.68. The molecule has 3 N–H and O–H groups in total. The number of piperidine rings is 1. The molecular weight excluding hydrogens is 264 g/mol. The minimum absolute atomic E-state index is 0.128. The molecule has 2 rings (SSSR count). The van der Waals surface area contributed by atoms with Gasteiger partial charge in [-0.25, -0.2) is 8.78 Å². The van der Waals surface area contributed by atoms with E-state index in [0.717, 1.165) is 37.7 Å². The van der Waals surface area contributed by atoms with Crippen molar-refractivity contribution in [1.29, 1.82) is 0 Å². The van der Waals surface area contributed by atoms with Gasteiger partial charge in [-0.15, -0.1) is 0 Å². The summed E-state index contributed by atoms with van der Waals surface area (Å²) in [6, 6.07) is 3.14. The summed E-state index contributed by atoms with van der Waals surface area (Å²) in [5.41, 5.74) is 5.78. The molecule has 1 aliphatic heterocycles. The van der Waals surface area contributed by atoms with Crippen LogP contribution in [0.4, 0.5) is 14.5 Å². The Morgan fingerprint density at radius 1 is 1.50 bits per heavy atom. The van der Waals surface area contributed by atoms with Crippen LogP contribution >= 0.6 is 0 Å². The zero-order valence-corrected chi connectivity index (χ0v) is 11.4. The zero-order chi connectivity index (χ0) is 14.7. The van der Waals surface area contributed by atoms with Gasteiger partial charge in [-0.05, 0) is 24.5 Å². The van der Waals surface area contributed by atoms with Crippen molar-refractivity contribution < 1.29 is 13.6 Å². The molecule has 0 aromatic heterocycles. The molecule has 6 heteroatoms. The second-order valence-electron chi connectivity index (χ2n) is 5.34. The van der Waals surface area contributed by atoms with E-state index in [1.807, 2.05) is 11.8 Å². The van der Waals surface area contributed by atoms with Crippen LogP contribution in [0.3, 0.4) is 0 Å². The van der Waals surface area contributed by atoms with Crippen LogP contribution in [-0.2, 0) is 4.79 Å². The predicted molar refractivity (Wildman–Crippen MR) is 73.2 cm³/mol. The molecule has 20 heavy (non-hydrogen) atoms. The number of amides is 1. The third-order valence-corrected chi connectivity index (χ3v) is 3.63. The largest absolute Gasteiger partial charge is 0.327 e. The number of nitrogens with one attached hydrogen (secondary N) is 1. The molecule has 1 aliphatic rings. The summed E-state index contributed by atoms with van der Waals surface area (Å²) in [6.07, 6.45) is 0.836. The number of nitrogens with two attached hydrogens (primary N) is 1. The molecule has 0 radical (unpaired) electrons. The molecule has 4 nitrogen and oxygen atoms in total. The fourth-order valence-corrected chi connectivity index (χ4v) is 2.38. The minimum Gasteiger partial charge on any atom is -0.327 e. The highest BCUT2D eigenvalue weighted by molar-refractivity contribution is 5.92. The lowest BCUT2D eigenvalue weighted by Crippen LogP contribution is -2.48. The number of anilines is 1. The van der Waals surface area contributed by atoms with Crippen LogP contribution in [0.25, 0.3) is 0 Å². The molecule has 0 aliphatic carbocycles. The average Bonchev–Trinajstić information content (AvgIpc) is 2.38. The van der Waals surface area contributed by atoms with Crippen LogP contribution in [-0.4, -0.2) is 36.5 Å². The third kappa shape index (κ3) is 3.74. The van der Waals surface area contributed by atoms with Crippen molar-refractivity contribution in [1.82, 2.24) is 4.90 Å². The third-order valence-electron chi connectivity index (χ3n) is 3.63. The topological polar surface area (TPSA) is 58.4 Å². The van der Waals surface area contributed by atoms with Crippen molar-refractivity contribution in [3.63, 3.8) is 0 Å². The molecule has 1 heterocycles. The first kappa shape index (κ1) is 14.9. The monoisotopic (exact) mass is 283 g/mol. The van der Waals surface area contributed by atoms with Crippen LogP contribution in [0, 0.1) is 17.6 Å². The first-order chi connectivity index (χ1) is 9.45. The van der Waals surface area contributed by atoms with E-state index in [1.165, 1.54) is 0 Å². The number of nitrogens with zero attached hydrogens (tertiary/aromatic N) is 1. The van der Waals surface area contributed by atoms with E-state index in [1.54, 1.807) is 0 Å². The summed E-state index contributed by atoms with van der Waals surface area (Å²) in [5.74, 6) is -1.26. The number of rotatable bonds is 3. The minimum atomic E-state index is -0.645. The summed E-state index contributed by atoms with van der Waals surface area (Å²) < 4.78 is 26.4. The van der Waals surface area contributed by atoms with Gasteiger partial charge in [0, 0.05) is 25.2 Å². The highest BCUT2D eigenvalue weighted by Gasteiger charge is 2.24. The van der Waals surface area contributed by atoms with Crippen molar-refractivity contribution in [3.8, 4) is 0 Å². The number of halogens is 2. The number of likely N-dealkylation sites (tertiary alicyclic amines) is 1. The molecule has 0 bridgehead atoms. The molecular formula is C14H19F2N3O. The van der Waals surface area contributed by atoms with E-state index in [2.05, 4.69) is 5.32 Å². The van der Waals surface area contributed by atoms with Crippen LogP contribution in [0.15, 0.2) is 18.2 Å². The van der Waals surface area contributed by atoms with Crippen LogP contribution < -0.4 is 11.1 Å². The molecule has 1 aromatic rings. The van der Waals surface area contributed by atoms with Gasteiger partial charge < -0.3 is 11.1 Å². The van der Waals surface area contributed by atoms with E-state index in [0.29, 0.717) is 5.92 Å². The van der Waals surface area contributed by atoms with Gasteiger partial charge in [0.2, 0.25) is 5.91 Å². The number of hydrogen-bond acceptors (Lipinski definition) is 3. The SMILES string of the molecule is CC1CN(CC(=O)Nc2cc(F)ccc2F)CCC1N. The molecule has 1 fully saturated rings. The molecule has 0 spiro atoms. The summed E-state index contributed by atoms with van der Waals surface area (Å²) in [7, 11) is 0. The van der Waals surface area contributed by atoms with Crippen molar-refractivity contribution in [2.45, 2.75) is 19.4 Å². The van der Waals surface area contributed by atoms with Crippen molar-refractivity contribution >= 4 is 11.6 Å². The second kappa shape index (κ2) is 6.28. The van der Waals surface area contributed by atoms with E-state index >= 15 is 0 Å². The van der Waals surface area contributed by atoms with E-state index < -0.39 is 11.6 Å². The van der Waals surface area contributed by atoms with E-state index in [4.69, 9.17) is 5.73 Å². The molecule has 1 saturated heterocycles. The highest BCUT2D eigenvalue weighted by atomic mass is 19.1. The number of hydrogen-bond donors (Lipinski definition) is 2. The van der Waals surface area contributed by atoms with Crippen LogP contribution in [0.5, 0.6) is 0 Å². The number of carbonyl (C=O) groups is 1. The fourth-order valence-electron chi connectivity index (χ4n) is 2.38. The van der Waals surface area contributed by atoms with Gasteiger partial charge in [-0.3, -0.25) is 9.69 Å². The maximum absolute atomic E-state index is 13.4. The summed E-state index contributed by atoms with van der Waals surface area (Å²) in [4.78, 5) is 13.8. The Morgan fingerprint density at radius 3 is 2.95 bits per heavy atom. The van der Waals surface area contributed by atoms with Gasteiger partial charge in [0.25, 0.3) is 0 Å². The number of benzene rings is 1. The maximum atomic E-state index is 13.4. The Balaban J connectivity index is 1.91. The van der Waals surface area contributed by atoms with Crippen molar-refractivity contribution in [2.75, 3.05) is 25.0 Å². The molecule has 1 aromatic carbocycles. The van der Waals surface area contributed by atoms with Gasteiger partial charge >= 0.3 is 0 Å². The Bertz CT molecular complexity index is 495.